The fourth-order valence-corrected chi connectivity index (χ4v) is 1.72. The number of hydrogen-bond acceptors (Lipinski definition) is 4. The summed E-state index contributed by atoms with van der Waals surface area (Å²) < 4.78 is 23.2. The molecule has 0 saturated carbocycles. The molecule has 0 radical (unpaired) electrons. The molecule has 0 aliphatic carbocycles. The van der Waals surface area contributed by atoms with Crippen molar-refractivity contribution in [2.45, 2.75) is 18.7 Å². The van der Waals surface area contributed by atoms with Crippen molar-refractivity contribution < 1.29 is 13.3 Å². The molecular weight excluding hydrogens is 252 g/mol. The Morgan fingerprint density at radius 2 is 2.19 bits per heavy atom. The van der Waals surface area contributed by atoms with Crippen molar-refractivity contribution in [3.8, 4) is 0 Å². The summed E-state index contributed by atoms with van der Waals surface area (Å²) in [5, 5.41) is 0.238. The normalized spacial score (nSPS) is 12.0. The standard InChI is InChI=1S/C9H13ClN2O3S/c1-7(2)6-15-12-16(13,14)8-3-4-9(10)11-5-8/h3-5,7,12H,6H2,1-2H3. The van der Waals surface area contributed by atoms with Gasteiger partial charge in [-0.05, 0) is 18.1 Å². The van der Waals surface area contributed by atoms with Crippen LogP contribution in [-0.2, 0) is 14.9 Å². The Bertz CT molecular complexity index is 431. The first-order valence-corrected chi connectivity index (χ1v) is 6.53. The molecule has 0 aliphatic rings. The maximum Gasteiger partial charge on any atom is 0.264 e. The molecule has 1 aromatic rings. The highest BCUT2D eigenvalue weighted by molar-refractivity contribution is 7.89. The average Bonchev–Trinajstić information content (AvgIpc) is 2.17. The lowest BCUT2D eigenvalue weighted by molar-refractivity contribution is 0.0718. The summed E-state index contributed by atoms with van der Waals surface area (Å²) in [5.41, 5.74) is 0. The topological polar surface area (TPSA) is 68.3 Å². The zero-order valence-corrected chi connectivity index (χ0v) is 10.5. The predicted octanol–water partition coefficient (Wildman–Crippen LogP) is 1.60. The van der Waals surface area contributed by atoms with E-state index >= 15 is 0 Å². The van der Waals surface area contributed by atoms with Crippen LogP contribution in [0.25, 0.3) is 0 Å². The van der Waals surface area contributed by atoms with Crippen LogP contribution in [0.2, 0.25) is 5.15 Å². The van der Waals surface area contributed by atoms with Crippen molar-refractivity contribution >= 4 is 21.6 Å². The zero-order chi connectivity index (χ0) is 12.2. The average molecular weight is 265 g/mol. The van der Waals surface area contributed by atoms with E-state index in [0.29, 0.717) is 6.61 Å². The van der Waals surface area contributed by atoms with E-state index in [2.05, 4.69) is 4.98 Å². The maximum atomic E-state index is 11.6. The fraction of sp³-hybridized carbons (Fsp3) is 0.444. The Hall–Kier alpha value is -0.690. The van der Waals surface area contributed by atoms with E-state index < -0.39 is 10.0 Å². The van der Waals surface area contributed by atoms with Crippen LogP contribution >= 0.6 is 11.6 Å². The summed E-state index contributed by atoms with van der Waals surface area (Å²) in [6, 6.07) is 2.76. The molecule has 0 amide bonds. The molecule has 0 unspecified atom stereocenters. The molecule has 0 bridgehead atoms. The van der Waals surface area contributed by atoms with Gasteiger partial charge < -0.3 is 0 Å². The van der Waals surface area contributed by atoms with Crippen molar-refractivity contribution in [2.24, 2.45) is 5.92 Å². The molecule has 0 aliphatic heterocycles. The Kier molecular flexibility index (Phi) is 4.67. The lowest BCUT2D eigenvalue weighted by Crippen LogP contribution is -2.25. The van der Waals surface area contributed by atoms with Crippen molar-refractivity contribution in [1.29, 1.82) is 0 Å². The fourth-order valence-electron chi connectivity index (χ4n) is 0.848. The number of nitrogens with one attached hydrogen (secondary N) is 1. The Balaban J connectivity index is 2.67. The number of rotatable bonds is 5. The number of sulfonamides is 1. The molecule has 90 valence electrons. The number of aromatic nitrogens is 1. The molecule has 0 aromatic carbocycles. The van der Waals surface area contributed by atoms with Crippen LogP contribution in [0.5, 0.6) is 0 Å². The second-order valence-electron chi connectivity index (χ2n) is 3.61. The van der Waals surface area contributed by atoms with Gasteiger partial charge in [-0.1, -0.05) is 30.3 Å². The van der Waals surface area contributed by atoms with Crippen LogP contribution in [0.4, 0.5) is 0 Å². The van der Waals surface area contributed by atoms with Crippen molar-refractivity contribution in [1.82, 2.24) is 9.87 Å². The van der Waals surface area contributed by atoms with E-state index in [0.717, 1.165) is 0 Å². The van der Waals surface area contributed by atoms with Crippen LogP contribution in [-0.4, -0.2) is 20.0 Å². The van der Waals surface area contributed by atoms with Crippen LogP contribution in [0.3, 0.4) is 0 Å². The van der Waals surface area contributed by atoms with Gasteiger partial charge >= 0.3 is 0 Å². The van der Waals surface area contributed by atoms with Crippen LogP contribution < -0.4 is 4.89 Å². The molecule has 1 heterocycles. The second kappa shape index (κ2) is 5.58. The van der Waals surface area contributed by atoms with Gasteiger partial charge in [0.25, 0.3) is 10.0 Å². The number of pyridine rings is 1. The minimum Gasteiger partial charge on any atom is -0.287 e. The molecule has 16 heavy (non-hydrogen) atoms. The van der Waals surface area contributed by atoms with Crippen molar-refractivity contribution in [2.75, 3.05) is 6.61 Å². The molecule has 1 aromatic heterocycles. The van der Waals surface area contributed by atoms with Gasteiger partial charge in [0, 0.05) is 6.20 Å². The van der Waals surface area contributed by atoms with Crippen LogP contribution in [0.1, 0.15) is 13.8 Å². The number of hydrogen-bond donors (Lipinski definition) is 1. The lowest BCUT2D eigenvalue weighted by atomic mass is 10.2. The van der Waals surface area contributed by atoms with Crippen LogP contribution in [0.15, 0.2) is 23.2 Å². The predicted molar refractivity (Wildman–Crippen MR) is 60.4 cm³/mol. The summed E-state index contributed by atoms with van der Waals surface area (Å²) in [6.45, 7) is 4.14. The monoisotopic (exact) mass is 264 g/mol. The Morgan fingerprint density at radius 3 is 2.69 bits per heavy atom. The lowest BCUT2D eigenvalue weighted by Gasteiger charge is -2.08. The minimum absolute atomic E-state index is 0.0145. The Morgan fingerprint density at radius 1 is 1.50 bits per heavy atom. The van der Waals surface area contributed by atoms with Crippen LogP contribution in [0, 0.1) is 5.92 Å². The van der Waals surface area contributed by atoms with E-state index in [-0.39, 0.29) is 16.0 Å². The Labute approximate surface area is 99.8 Å². The summed E-state index contributed by atoms with van der Waals surface area (Å²) in [4.78, 5) is 10.6. The van der Waals surface area contributed by atoms with Gasteiger partial charge in [0.1, 0.15) is 10.0 Å². The second-order valence-corrected chi connectivity index (χ2v) is 5.64. The molecule has 0 spiro atoms. The molecule has 0 atom stereocenters. The van der Waals surface area contributed by atoms with E-state index in [1.54, 1.807) is 0 Å². The van der Waals surface area contributed by atoms with Gasteiger partial charge in [-0.25, -0.2) is 13.4 Å². The summed E-state index contributed by atoms with van der Waals surface area (Å²) >= 11 is 5.55. The highest BCUT2D eigenvalue weighted by Gasteiger charge is 2.14. The SMILES string of the molecule is CC(C)CONS(=O)(=O)c1ccc(Cl)nc1. The smallest absolute Gasteiger partial charge is 0.264 e. The molecular formula is C9H13ClN2O3S. The third-order valence-electron chi connectivity index (χ3n) is 1.60. The van der Waals surface area contributed by atoms with Gasteiger partial charge in [-0.2, -0.15) is 0 Å². The summed E-state index contributed by atoms with van der Waals surface area (Å²) in [7, 11) is -3.67. The molecule has 1 N–H and O–H groups in total. The summed E-state index contributed by atoms with van der Waals surface area (Å²) in [5.74, 6) is 0.242. The highest BCUT2D eigenvalue weighted by atomic mass is 35.5. The molecule has 0 saturated heterocycles. The summed E-state index contributed by atoms with van der Waals surface area (Å²) in [6.07, 6.45) is 1.17. The number of halogens is 1. The largest absolute Gasteiger partial charge is 0.287 e. The molecule has 7 heteroatoms. The van der Waals surface area contributed by atoms with E-state index in [9.17, 15) is 8.42 Å². The van der Waals surface area contributed by atoms with E-state index in [1.807, 2.05) is 18.7 Å². The third-order valence-corrected chi connectivity index (χ3v) is 3.02. The van der Waals surface area contributed by atoms with Crippen molar-refractivity contribution in [3.63, 3.8) is 0 Å². The van der Waals surface area contributed by atoms with Gasteiger partial charge in [0.05, 0.1) is 6.61 Å². The molecule has 5 nitrogen and oxygen atoms in total. The van der Waals surface area contributed by atoms with Gasteiger partial charge in [0.15, 0.2) is 0 Å². The quantitative estimate of drug-likeness (QED) is 0.648. The third kappa shape index (κ3) is 4.05. The highest BCUT2D eigenvalue weighted by Crippen LogP contribution is 2.10. The zero-order valence-electron chi connectivity index (χ0n) is 8.97. The van der Waals surface area contributed by atoms with E-state index in [4.69, 9.17) is 16.4 Å². The van der Waals surface area contributed by atoms with Crippen molar-refractivity contribution in [3.05, 3.63) is 23.5 Å². The molecule has 1 rings (SSSR count). The maximum absolute atomic E-state index is 11.6. The first-order chi connectivity index (χ1) is 7.42. The van der Waals surface area contributed by atoms with E-state index in [1.165, 1.54) is 18.3 Å². The first kappa shape index (κ1) is 13.4. The van der Waals surface area contributed by atoms with Gasteiger partial charge in [-0.15, -0.1) is 0 Å². The molecule has 0 fully saturated rings. The first-order valence-electron chi connectivity index (χ1n) is 4.67. The van der Waals surface area contributed by atoms with Gasteiger partial charge in [0.2, 0.25) is 0 Å². The number of nitrogens with zero attached hydrogens (tertiary/aromatic N) is 1. The minimum atomic E-state index is -3.67. The van der Waals surface area contributed by atoms with Gasteiger partial charge in [-0.3, -0.25) is 4.84 Å².